The van der Waals surface area contributed by atoms with Gasteiger partial charge in [0.1, 0.15) is 11.7 Å². The van der Waals surface area contributed by atoms with Gasteiger partial charge in [0.15, 0.2) is 0 Å². The maximum atomic E-state index is 5.24. The summed E-state index contributed by atoms with van der Waals surface area (Å²) in [5, 5.41) is 3.76. The number of aliphatic imine (C=N–C) groups is 1. The van der Waals surface area contributed by atoms with Crippen LogP contribution in [-0.2, 0) is 0 Å². The number of amidine groups is 1. The number of rotatable bonds is 3. The predicted molar refractivity (Wildman–Crippen MR) is 124 cm³/mol. The molecule has 1 aromatic rings. The molecule has 6 rings (SSSR count). The third-order valence-electron chi connectivity index (χ3n) is 8.05. The topological polar surface area (TPSA) is 47.0 Å². The quantitative estimate of drug-likeness (QED) is 0.818. The summed E-state index contributed by atoms with van der Waals surface area (Å²) < 4.78 is 0. The molecule has 2 bridgehead atoms. The van der Waals surface area contributed by atoms with Gasteiger partial charge in [-0.05, 0) is 69.9 Å². The first-order valence-corrected chi connectivity index (χ1v) is 12.1. The van der Waals surface area contributed by atoms with Crippen molar-refractivity contribution in [3.63, 3.8) is 0 Å². The number of piperazine rings is 1. The van der Waals surface area contributed by atoms with Crippen LogP contribution in [0, 0.1) is 6.92 Å². The van der Waals surface area contributed by atoms with Crippen molar-refractivity contribution in [3.8, 4) is 0 Å². The van der Waals surface area contributed by atoms with E-state index in [4.69, 9.17) is 9.98 Å². The van der Waals surface area contributed by atoms with Crippen LogP contribution in [0.25, 0.3) is 0 Å². The first-order chi connectivity index (χ1) is 15.2. The molecule has 1 N–H and O–H groups in total. The summed E-state index contributed by atoms with van der Waals surface area (Å²) in [6.45, 7) is 5.43. The zero-order chi connectivity index (χ0) is 20.9. The fourth-order valence-electron chi connectivity index (χ4n) is 6.48. The van der Waals surface area contributed by atoms with Crippen molar-refractivity contribution in [2.24, 2.45) is 4.99 Å². The smallest absolute Gasteiger partial charge is 0.129 e. The number of hydrogen-bond donors (Lipinski definition) is 1. The number of allylic oxidation sites excluding steroid dienone is 2. The second kappa shape index (κ2) is 7.75. The van der Waals surface area contributed by atoms with Crippen LogP contribution in [-0.4, -0.2) is 76.4 Å². The molecule has 1 aromatic heterocycles. The second-order valence-electron chi connectivity index (χ2n) is 9.98. The molecule has 5 aliphatic rings. The van der Waals surface area contributed by atoms with Crippen molar-refractivity contribution in [1.29, 1.82) is 0 Å². The Bertz CT molecular complexity index is 924. The number of likely N-dealkylation sites (N-methyl/N-ethyl adjacent to an activating group) is 1. The zero-order valence-electron chi connectivity index (χ0n) is 18.7. The fourth-order valence-corrected chi connectivity index (χ4v) is 6.48. The highest BCUT2D eigenvalue weighted by atomic mass is 15.4. The zero-order valence-corrected chi connectivity index (χ0v) is 18.7. The van der Waals surface area contributed by atoms with Crippen molar-refractivity contribution in [2.75, 3.05) is 26.7 Å². The van der Waals surface area contributed by atoms with Gasteiger partial charge in [-0.15, -0.1) is 0 Å². The number of likely N-dealkylation sites (tertiary alicyclic amines) is 2. The van der Waals surface area contributed by atoms with Crippen LogP contribution in [0.15, 0.2) is 47.4 Å². The summed E-state index contributed by atoms with van der Waals surface area (Å²) in [5.41, 5.74) is 2.55. The molecule has 0 radical (unpaired) electrons. The largest absolute Gasteiger partial charge is 0.355 e. The second-order valence-corrected chi connectivity index (χ2v) is 9.98. The molecule has 6 heteroatoms. The van der Waals surface area contributed by atoms with Crippen LogP contribution in [0.2, 0.25) is 0 Å². The molecule has 0 saturated carbocycles. The summed E-state index contributed by atoms with van der Waals surface area (Å²) in [6.07, 6.45) is 14.9. The van der Waals surface area contributed by atoms with Gasteiger partial charge < -0.3 is 15.1 Å². The van der Waals surface area contributed by atoms with Crippen LogP contribution in [0.1, 0.15) is 49.4 Å². The molecule has 3 saturated heterocycles. The minimum absolute atomic E-state index is 0.317. The minimum Gasteiger partial charge on any atom is -0.355 e. The van der Waals surface area contributed by atoms with Gasteiger partial charge in [-0.2, -0.15) is 0 Å². The van der Waals surface area contributed by atoms with Gasteiger partial charge in [-0.3, -0.25) is 14.9 Å². The fraction of sp³-hybridized carbons (Fsp3) is 0.600. The van der Waals surface area contributed by atoms with Gasteiger partial charge in [0, 0.05) is 44.0 Å². The van der Waals surface area contributed by atoms with Crippen molar-refractivity contribution >= 4 is 5.84 Å². The lowest BCUT2D eigenvalue weighted by molar-refractivity contribution is 0.0912. The normalized spacial score (nSPS) is 35.2. The van der Waals surface area contributed by atoms with Crippen molar-refractivity contribution < 1.29 is 0 Å². The third-order valence-corrected chi connectivity index (χ3v) is 8.05. The number of fused-ring (bicyclic) bond motifs is 3. The van der Waals surface area contributed by atoms with Gasteiger partial charge in [0.25, 0.3) is 0 Å². The van der Waals surface area contributed by atoms with E-state index in [0.29, 0.717) is 30.2 Å². The number of nitrogens with one attached hydrogen (secondary N) is 1. The summed E-state index contributed by atoms with van der Waals surface area (Å²) >= 11 is 0. The molecule has 5 atom stereocenters. The Morgan fingerprint density at radius 2 is 1.90 bits per heavy atom. The number of aromatic nitrogens is 1. The number of pyridine rings is 1. The van der Waals surface area contributed by atoms with E-state index in [1.54, 1.807) is 0 Å². The van der Waals surface area contributed by atoms with E-state index in [9.17, 15) is 0 Å². The average molecular weight is 419 g/mol. The van der Waals surface area contributed by atoms with Crippen molar-refractivity contribution in [2.45, 2.75) is 69.2 Å². The van der Waals surface area contributed by atoms with Crippen molar-refractivity contribution in [1.82, 2.24) is 25.0 Å². The third kappa shape index (κ3) is 3.40. The Morgan fingerprint density at radius 1 is 1.06 bits per heavy atom. The van der Waals surface area contributed by atoms with E-state index in [0.717, 1.165) is 25.5 Å². The summed E-state index contributed by atoms with van der Waals surface area (Å²) in [4.78, 5) is 17.7. The van der Waals surface area contributed by atoms with Crippen LogP contribution < -0.4 is 5.32 Å². The van der Waals surface area contributed by atoms with Crippen LogP contribution in [0.5, 0.6) is 0 Å². The SMILES string of the molecule is Cc1cccnc1[C@@H]1CCC[C@H](C2CN3C(N4CC5CCC(C4)N5)=CC=CC3=N2)N1C. The van der Waals surface area contributed by atoms with Crippen LogP contribution in [0.4, 0.5) is 0 Å². The maximum Gasteiger partial charge on any atom is 0.129 e. The lowest BCUT2D eigenvalue weighted by Crippen LogP contribution is -2.54. The van der Waals surface area contributed by atoms with Gasteiger partial charge in [-0.25, -0.2) is 0 Å². The first kappa shape index (κ1) is 19.5. The van der Waals surface area contributed by atoms with Gasteiger partial charge in [0.2, 0.25) is 0 Å². The molecule has 164 valence electrons. The highest BCUT2D eigenvalue weighted by molar-refractivity contribution is 5.97. The Balaban J connectivity index is 1.21. The molecule has 3 fully saturated rings. The number of nitrogens with zero attached hydrogens (tertiary/aromatic N) is 5. The summed E-state index contributed by atoms with van der Waals surface area (Å²) in [7, 11) is 2.29. The van der Waals surface area contributed by atoms with Gasteiger partial charge in [-0.1, -0.05) is 12.1 Å². The molecule has 31 heavy (non-hydrogen) atoms. The van der Waals surface area contributed by atoms with E-state index in [1.165, 1.54) is 49.2 Å². The lowest BCUT2D eigenvalue weighted by atomic mass is 9.89. The van der Waals surface area contributed by atoms with Crippen LogP contribution >= 0.6 is 0 Å². The highest BCUT2D eigenvalue weighted by Gasteiger charge is 2.41. The molecule has 0 spiro atoms. The molecule has 0 aromatic carbocycles. The van der Waals surface area contributed by atoms with E-state index in [1.807, 2.05) is 12.3 Å². The minimum atomic E-state index is 0.317. The predicted octanol–water partition coefficient (Wildman–Crippen LogP) is 2.85. The van der Waals surface area contributed by atoms with Crippen LogP contribution in [0.3, 0.4) is 0 Å². The van der Waals surface area contributed by atoms with Crippen molar-refractivity contribution in [3.05, 3.63) is 53.6 Å². The van der Waals surface area contributed by atoms with E-state index in [2.05, 4.69) is 58.3 Å². The number of aryl methyl sites for hydroxylation is 1. The monoisotopic (exact) mass is 418 g/mol. The molecule has 3 unspecified atom stereocenters. The standard InChI is InChI=1S/C25H34N6/c1-17-6-5-13-26-25(17)22-8-3-7-21(29(22)2)20-16-31-23(28-20)9-4-10-24(31)30-14-18-11-12-19(15-30)27-18/h4-6,9-10,13,18-22,27H,3,7-8,11-12,14-16H2,1-2H3/t18?,19?,20?,21-,22+/m1/s1. The van der Waals surface area contributed by atoms with Gasteiger partial charge in [0.05, 0.1) is 17.8 Å². The molecule has 0 amide bonds. The molecule has 5 aliphatic heterocycles. The van der Waals surface area contributed by atoms with E-state index in [-0.39, 0.29) is 0 Å². The van der Waals surface area contributed by atoms with E-state index >= 15 is 0 Å². The summed E-state index contributed by atoms with van der Waals surface area (Å²) in [6, 6.07) is 6.71. The Kier molecular flexibility index (Phi) is 4.87. The Morgan fingerprint density at radius 3 is 2.71 bits per heavy atom. The summed E-state index contributed by atoms with van der Waals surface area (Å²) in [5.74, 6) is 2.51. The number of hydrogen-bond acceptors (Lipinski definition) is 6. The average Bonchev–Trinajstić information content (AvgIpc) is 3.36. The molecule has 0 aliphatic carbocycles. The van der Waals surface area contributed by atoms with Gasteiger partial charge >= 0.3 is 0 Å². The lowest BCUT2D eigenvalue weighted by Gasteiger charge is -2.43. The molecule has 6 heterocycles. The molecule has 6 nitrogen and oxygen atoms in total. The Labute approximate surface area is 185 Å². The first-order valence-electron chi connectivity index (χ1n) is 12.1. The highest BCUT2D eigenvalue weighted by Crippen LogP contribution is 2.37. The number of piperidine rings is 1. The molecular formula is C25H34N6. The Hall–Kier alpha value is -2.18. The maximum absolute atomic E-state index is 5.24. The molecular weight excluding hydrogens is 384 g/mol. The van der Waals surface area contributed by atoms with E-state index < -0.39 is 0 Å².